The summed E-state index contributed by atoms with van der Waals surface area (Å²) in [5, 5.41) is 3.31. The molecule has 0 amide bonds. The highest BCUT2D eigenvalue weighted by Gasteiger charge is 2.25. The molecule has 2 atom stereocenters. The first-order valence-electron chi connectivity index (χ1n) is 7.42. The first kappa shape index (κ1) is 16.0. The van der Waals surface area contributed by atoms with E-state index in [4.69, 9.17) is 0 Å². The first-order chi connectivity index (χ1) is 8.47. The zero-order chi connectivity index (χ0) is 13.6. The number of sulfone groups is 1. The van der Waals surface area contributed by atoms with Crippen LogP contribution in [0.25, 0.3) is 0 Å². The van der Waals surface area contributed by atoms with Crippen LogP contribution in [0, 0.1) is 5.92 Å². The van der Waals surface area contributed by atoms with Crippen molar-refractivity contribution in [1.82, 2.24) is 5.32 Å². The lowest BCUT2D eigenvalue weighted by molar-refractivity contribution is 0.331. The van der Waals surface area contributed by atoms with Crippen molar-refractivity contribution in [3.8, 4) is 0 Å². The molecule has 0 aromatic rings. The molecule has 0 aromatic carbocycles. The number of hydrogen-bond donors (Lipinski definition) is 1. The normalized spacial score (nSPS) is 26.2. The van der Waals surface area contributed by atoms with E-state index in [1.807, 2.05) is 0 Å². The maximum atomic E-state index is 11.9. The Bertz CT molecular complexity index is 325. The van der Waals surface area contributed by atoms with Crippen molar-refractivity contribution >= 4 is 9.84 Å². The van der Waals surface area contributed by atoms with E-state index in [9.17, 15) is 8.42 Å². The Kier molecular flexibility index (Phi) is 6.64. The van der Waals surface area contributed by atoms with Gasteiger partial charge in [-0.1, -0.05) is 26.2 Å². The fourth-order valence-electron chi connectivity index (χ4n) is 2.81. The van der Waals surface area contributed by atoms with Crippen LogP contribution in [0.5, 0.6) is 0 Å². The van der Waals surface area contributed by atoms with Crippen molar-refractivity contribution in [2.24, 2.45) is 5.92 Å². The third kappa shape index (κ3) is 4.88. The minimum absolute atomic E-state index is 0.235. The van der Waals surface area contributed by atoms with Crippen LogP contribution in [0.15, 0.2) is 0 Å². The van der Waals surface area contributed by atoms with Crippen molar-refractivity contribution in [1.29, 1.82) is 0 Å². The molecule has 1 saturated carbocycles. The van der Waals surface area contributed by atoms with Crippen molar-refractivity contribution < 1.29 is 8.42 Å². The van der Waals surface area contributed by atoms with Gasteiger partial charge in [0.05, 0.1) is 11.0 Å². The molecule has 2 unspecified atom stereocenters. The van der Waals surface area contributed by atoms with E-state index in [2.05, 4.69) is 12.2 Å². The van der Waals surface area contributed by atoms with Gasteiger partial charge in [0, 0.05) is 6.04 Å². The van der Waals surface area contributed by atoms with Crippen molar-refractivity contribution in [2.75, 3.05) is 12.3 Å². The molecule has 0 radical (unpaired) electrons. The molecule has 1 fully saturated rings. The Balaban J connectivity index is 2.55. The zero-order valence-corrected chi connectivity index (χ0v) is 12.9. The molecule has 0 heterocycles. The Morgan fingerprint density at radius 2 is 1.83 bits per heavy atom. The summed E-state index contributed by atoms with van der Waals surface area (Å²) in [5.74, 6) is 0.901. The highest BCUT2D eigenvalue weighted by atomic mass is 32.2. The van der Waals surface area contributed by atoms with Crippen LogP contribution < -0.4 is 5.32 Å². The molecule has 18 heavy (non-hydrogen) atoms. The summed E-state index contributed by atoms with van der Waals surface area (Å²) in [7, 11) is -2.88. The van der Waals surface area contributed by atoms with E-state index in [1.54, 1.807) is 13.8 Å². The molecule has 108 valence electrons. The Labute approximate surface area is 113 Å². The molecule has 4 heteroatoms. The standard InChI is InChI=1S/C14H29NO2S/c1-4-15-14-9-7-5-6-8-13(14)10-11-18(16,17)12(2)3/h12-15H,4-11H2,1-3H3. The molecule has 0 saturated heterocycles. The lowest BCUT2D eigenvalue weighted by Crippen LogP contribution is -2.36. The molecule has 1 rings (SSSR count). The molecule has 0 aromatic heterocycles. The minimum atomic E-state index is -2.88. The van der Waals surface area contributed by atoms with Crippen molar-refractivity contribution in [3.63, 3.8) is 0 Å². The molecule has 0 bridgehead atoms. The molecule has 1 aliphatic carbocycles. The van der Waals surface area contributed by atoms with E-state index in [1.165, 1.54) is 32.1 Å². The molecule has 1 N–H and O–H groups in total. The van der Waals surface area contributed by atoms with E-state index >= 15 is 0 Å². The molecule has 0 spiro atoms. The lowest BCUT2D eigenvalue weighted by atomic mass is 9.92. The molecular formula is C14H29NO2S. The van der Waals surface area contributed by atoms with Gasteiger partial charge in [-0.2, -0.15) is 0 Å². The second kappa shape index (κ2) is 7.49. The predicted molar refractivity (Wildman–Crippen MR) is 77.6 cm³/mol. The summed E-state index contributed by atoms with van der Waals surface area (Å²) >= 11 is 0. The third-order valence-corrected chi connectivity index (χ3v) is 6.36. The molecule has 1 aliphatic rings. The Hall–Kier alpha value is -0.0900. The van der Waals surface area contributed by atoms with E-state index in [0.717, 1.165) is 13.0 Å². The van der Waals surface area contributed by atoms with Crippen LogP contribution in [-0.4, -0.2) is 32.0 Å². The Morgan fingerprint density at radius 1 is 1.17 bits per heavy atom. The van der Waals surface area contributed by atoms with Gasteiger partial charge in [-0.25, -0.2) is 8.42 Å². The topological polar surface area (TPSA) is 46.2 Å². The lowest BCUT2D eigenvalue weighted by Gasteiger charge is -2.26. The number of nitrogens with one attached hydrogen (secondary N) is 1. The van der Waals surface area contributed by atoms with Crippen LogP contribution in [0.1, 0.15) is 59.3 Å². The highest BCUT2D eigenvalue weighted by Crippen LogP contribution is 2.27. The van der Waals surface area contributed by atoms with Gasteiger partial charge in [-0.3, -0.25) is 0 Å². The number of hydrogen-bond acceptors (Lipinski definition) is 3. The maximum absolute atomic E-state index is 11.9. The maximum Gasteiger partial charge on any atom is 0.152 e. The minimum Gasteiger partial charge on any atom is -0.314 e. The van der Waals surface area contributed by atoms with Gasteiger partial charge in [0.2, 0.25) is 0 Å². The molecule has 0 aliphatic heterocycles. The summed E-state index contributed by atoms with van der Waals surface area (Å²) in [5.41, 5.74) is 0. The zero-order valence-electron chi connectivity index (χ0n) is 12.1. The Morgan fingerprint density at radius 3 is 2.44 bits per heavy atom. The van der Waals surface area contributed by atoms with Gasteiger partial charge in [-0.15, -0.1) is 0 Å². The fraction of sp³-hybridized carbons (Fsp3) is 1.00. The first-order valence-corrected chi connectivity index (χ1v) is 9.14. The fourth-order valence-corrected chi connectivity index (χ4v) is 3.91. The summed E-state index contributed by atoms with van der Waals surface area (Å²) in [6, 6.07) is 0.528. The van der Waals surface area contributed by atoms with E-state index in [0.29, 0.717) is 17.7 Å². The van der Waals surface area contributed by atoms with Crippen LogP contribution in [0.4, 0.5) is 0 Å². The van der Waals surface area contributed by atoms with E-state index < -0.39 is 9.84 Å². The monoisotopic (exact) mass is 275 g/mol. The smallest absolute Gasteiger partial charge is 0.152 e. The summed E-state index contributed by atoms with van der Waals surface area (Å²) in [6.07, 6.45) is 7.07. The average Bonchev–Trinajstić information content (AvgIpc) is 2.52. The van der Waals surface area contributed by atoms with Gasteiger partial charge in [0.15, 0.2) is 9.84 Å². The second-order valence-electron chi connectivity index (χ2n) is 5.77. The summed E-state index contributed by atoms with van der Waals surface area (Å²) in [6.45, 7) is 6.68. The average molecular weight is 275 g/mol. The summed E-state index contributed by atoms with van der Waals surface area (Å²) in [4.78, 5) is 0. The van der Waals surface area contributed by atoms with Gasteiger partial charge < -0.3 is 5.32 Å². The van der Waals surface area contributed by atoms with Crippen molar-refractivity contribution in [2.45, 2.75) is 70.6 Å². The van der Waals surface area contributed by atoms with Gasteiger partial charge >= 0.3 is 0 Å². The van der Waals surface area contributed by atoms with Crippen LogP contribution in [0.2, 0.25) is 0 Å². The number of rotatable bonds is 6. The molecular weight excluding hydrogens is 246 g/mol. The highest BCUT2D eigenvalue weighted by molar-refractivity contribution is 7.91. The largest absolute Gasteiger partial charge is 0.314 e. The SMILES string of the molecule is CCNC1CCCCCC1CCS(=O)(=O)C(C)C. The molecule has 3 nitrogen and oxygen atoms in total. The van der Waals surface area contributed by atoms with Crippen LogP contribution >= 0.6 is 0 Å². The third-order valence-electron chi connectivity index (χ3n) is 4.12. The van der Waals surface area contributed by atoms with Gasteiger partial charge in [-0.05, 0) is 45.6 Å². The van der Waals surface area contributed by atoms with Crippen LogP contribution in [0.3, 0.4) is 0 Å². The van der Waals surface area contributed by atoms with Crippen LogP contribution in [-0.2, 0) is 9.84 Å². The summed E-state index contributed by atoms with van der Waals surface area (Å²) < 4.78 is 23.8. The van der Waals surface area contributed by atoms with Crippen molar-refractivity contribution in [3.05, 3.63) is 0 Å². The predicted octanol–water partition coefficient (Wildman–Crippen LogP) is 2.76. The van der Waals surface area contributed by atoms with Gasteiger partial charge in [0.1, 0.15) is 0 Å². The van der Waals surface area contributed by atoms with Gasteiger partial charge in [0.25, 0.3) is 0 Å². The van der Waals surface area contributed by atoms with E-state index in [-0.39, 0.29) is 5.25 Å². The second-order valence-corrected chi connectivity index (χ2v) is 8.44. The quantitative estimate of drug-likeness (QED) is 0.758.